The van der Waals surface area contributed by atoms with Gasteiger partial charge in [-0.1, -0.05) is 18.2 Å². The first-order chi connectivity index (χ1) is 16.6. The van der Waals surface area contributed by atoms with Gasteiger partial charge in [0.2, 0.25) is 0 Å². The molecule has 2 fully saturated rings. The fraction of sp³-hybridized carbons (Fsp3) is 0.542. The minimum atomic E-state index is -4.57. The Bertz CT molecular complexity index is 1290. The second kappa shape index (κ2) is 8.37. The highest BCUT2D eigenvalue weighted by Gasteiger charge is 2.60. The highest BCUT2D eigenvalue weighted by Crippen LogP contribution is 2.51. The first kappa shape index (κ1) is 23.6. The van der Waals surface area contributed by atoms with Crippen LogP contribution in [0.4, 0.5) is 13.2 Å². The Balaban J connectivity index is 1.28. The summed E-state index contributed by atoms with van der Waals surface area (Å²) >= 11 is 1.68. The number of rotatable bonds is 3. The highest BCUT2D eigenvalue weighted by atomic mass is 32.2. The Morgan fingerprint density at radius 1 is 1.17 bits per heavy atom. The third-order valence-electron chi connectivity index (χ3n) is 8.05. The molecule has 1 aromatic carbocycles. The van der Waals surface area contributed by atoms with Crippen molar-refractivity contribution in [3.63, 3.8) is 0 Å². The number of hydrogen-bond acceptors (Lipinski definition) is 5. The Labute approximate surface area is 206 Å². The largest absolute Gasteiger partial charge is 0.402 e. The van der Waals surface area contributed by atoms with Crippen LogP contribution < -0.4 is 10.0 Å². The van der Waals surface area contributed by atoms with Gasteiger partial charge in [0.1, 0.15) is 11.6 Å². The van der Waals surface area contributed by atoms with Crippen molar-refractivity contribution in [2.45, 2.75) is 43.8 Å². The van der Waals surface area contributed by atoms with Crippen molar-refractivity contribution in [1.82, 2.24) is 19.3 Å². The molecule has 3 heterocycles. The maximum atomic E-state index is 13.1. The smallest absolute Gasteiger partial charge is 0.313 e. The molecule has 2 aliphatic carbocycles. The molecule has 0 radical (unpaired) electrons. The molecule has 0 amide bonds. The van der Waals surface area contributed by atoms with E-state index in [4.69, 9.17) is 0 Å². The SMILES string of the molecule is O=S1(=O)NC2(CN1CC(F)(F)F)C1CCC2Cc2cc(-c3ncc(C4=CCNCC4)s3)ccc2C1. The minimum Gasteiger partial charge on any atom is -0.313 e. The fourth-order valence-corrected chi connectivity index (χ4v) is 9.07. The molecule has 188 valence electrons. The normalized spacial score (nSPS) is 30.3. The van der Waals surface area contributed by atoms with Crippen molar-refractivity contribution < 1.29 is 21.6 Å². The number of alkyl halides is 3. The summed E-state index contributed by atoms with van der Waals surface area (Å²) in [6.07, 6.45) is 3.49. The Hall–Kier alpha value is -1.79. The van der Waals surface area contributed by atoms with E-state index in [9.17, 15) is 21.6 Å². The molecule has 4 aliphatic rings. The zero-order valence-electron chi connectivity index (χ0n) is 19.1. The number of fused-ring (bicyclic) bond motifs is 1. The first-order valence-corrected chi connectivity index (χ1v) is 14.2. The van der Waals surface area contributed by atoms with Crippen LogP contribution in [0.15, 0.2) is 30.5 Å². The van der Waals surface area contributed by atoms with Gasteiger partial charge in [0, 0.05) is 24.8 Å². The van der Waals surface area contributed by atoms with E-state index in [1.54, 1.807) is 11.3 Å². The predicted octanol–water partition coefficient (Wildman–Crippen LogP) is 3.76. The van der Waals surface area contributed by atoms with Crippen LogP contribution in [-0.4, -0.2) is 55.6 Å². The van der Waals surface area contributed by atoms with Gasteiger partial charge in [0.15, 0.2) is 0 Å². The maximum Gasteiger partial charge on any atom is 0.402 e. The number of thiazole rings is 1. The average Bonchev–Trinajstić information content (AvgIpc) is 3.43. The van der Waals surface area contributed by atoms with E-state index >= 15 is 0 Å². The van der Waals surface area contributed by atoms with Crippen molar-refractivity contribution in [3.05, 3.63) is 46.5 Å². The number of hydrogen-bond donors (Lipinski definition) is 2. The molecule has 6 rings (SSSR count). The van der Waals surface area contributed by atoms with E-state index in [1.165, 1.54) is 10.5 Å². The van der Waals surface area contributed by atoms with Crippen LogP contribution in [0.5, 0.6) is 0 Å². The third kappa shape index (κ3) is 4.25. The molecule has 2 bridgehead atoms. The molecule has 2 N–H and O–H groups in total. The van der Waals surface area contributed by atoms with E-state index in [0.717, 1.165) is 54.0 Å². The molecular weight excluding hydrogens is 497 g/mol. The fourth-order valence-electron chi connectivity index (χ4n) is 6.38. The Morgan fingerprint density at radius 2 is 1.94 bits per heavy atom. The van der Waals surface area contributed by atoms with Crippen LogP contribution >= 0.6 is 11.3 Å². The second-order valence-electron chi connectivity index (χ2n) is 10.1. The molecule has 1 aromatic heterocycles. The summed E-state index contributed by atoms with van der Waals surface area (Å²) < 4.78 is 68.0. The Morgan fingerprint density at radius 3 is 2.66 bits per heavy atom. The van der Waals surface area contributed by atoms with Gasteiger partial charge in [-0.05, 0) is 73.3 Å². The third-order valence-corrected chi connectivity index (χ3v) is 10.7. The van der Waals surface area contributed by atoms with Crippen LogP contribution in [0.25, 0.3) is 16.1 Å². The predicted molar refractivity (Wildman–Crippen MR) is 129 cm³/mol. The molecule has 1 spiro atoms. The van der Waals surface area contributed by atoms with Gasteiger partial charge in [-0.2, -0.15) is 30.6 Å². The molecule has 1 saturated heterocycles. The summed E-state index contributed by atoms with van der Waals surface area (Å²) in [5, 5.41) is 4.27. The quantitative estimate of drug-likeness (QED) is 0.641. The van der Waals surface area contributed by atoms with Crippen molar-refractivity contribution in [2.75, 3.05) is 26.2 Å². The molecular formula is C24H27F3N4O2S2. The minimum absolute atomic E-state index is 0.0223. The number of benzene rings is 1. The van der Waals surface area contributed by atoms with E-state index in [2.05, 4.69) is 39.3 Å². The van der Waals surface area contributed by atoms with E-state index in [1.807, 2.05) is 6.20 Å². The summed E-state index contributed by atoms with van der Waals surface area (Å²) in [5.41, 5.74) is 3.82. The monoisotopic (exact) mass is 524 g/mol. The van der Waals surface area contributed by atoms with Crippen molar-refractivity contribution in [1.29, 1.82) is 0 Å². The number of aromatic nitrogens is 1. The molecule has 2 aliphatic heterocycles. The summed E-state index contributed by atoms with van der Waals surface area (Å²) in [6.45, 7) is 0.270. The lowest BCUT2D eigenvalue weighted by molar-refractivity contribution is -0.136. The second-order valence-corrected chi connectivity index (χ2v) is 12.8. The molecule has 6 nitrogen and oxygen atoms in total. The summed E-state index contributed by atoms with van der Waals surface area (Å²) in [5.74, 6) is -0.0605. The number of halogens is 3. The van der Waals surface area contributed by atoms with Crippen LogP contribution in [0, 0.1) is 11.8 Å². The lowest BCUT2D eigenvalue weighted by atomic mass is 9.79. The van der Waals surface area contributed by atoms with E-state index in [0.29, 0.717) is 17.1 Å². The maximum absolute atomic E-state index is 13.1. The zero-order valence-corrected chi connectivity index (χ0v) is 20.7. The van der Waals surface area contributed by atoms with Crippen LogP contribution in [-0.2, 0) is 23.1 Å². The summed E-state index contributed by atoms with van der Waals surface area (Å²) in [6, 6.07) is 6.32. The lowest BCUT2D eigenvalue weighted by Crippen LogP contribution is -2.52. The summed E-state index contributed by atoms with van der Waals surface area (Å²) in [7, 11) is -4.17. The van der Waals surface area contributed by atoms with E-state index in [-0.39, 0.29) is 18.4 Å². The van der Waals surface area contributed by atoms with Gasteiger partial charge in [-0.3, -0.25) is 0 Å². The van der Waals surface area contributed by atoms with Gasteiger partial charge < -0.3 is 5.32 Å². The van der Waals surface area contributed by atoms with E-state index < -0.39 is 28.5 Å². The van der Waals surface area contributed by atoms with Crippen molar-refractivity contribution in [2.24, 2.45) is 11.8 Å². The standard InChI is InChI=1S/C24H27F3N4O2S2/c25-24(26,27)14-31-13-23(30-35(31,32)33)19-3-4-20(23)11-18-9-17(2-1-16(18)10-19)22-29-12-21(34-22)15-5-7-28-8-6-15/h1-2,5,9,12,19-20,28,30H,3-4,6-8,10-11,13-14H2. The zero-order chi connectivity index (χ0) is 24.4. The first-order valence-electron chi connectivity index (χ1n) is 12.0. The molecule has 11 heteroatoms. The lowest BCUT2D eigenvalue weighted by Gasteiger charge is -2.33. The topological polar surface area (TPSA) is 74.3 Å². The van der Waals surface area contributed by atoms with Gasteiger partial charge in [-0.15, -0.1) is 11.3 Å². The molecule has 2 aromatic rings. The van der Waals surface area contributed by atoms with Crippen molar-refractivity contribution in [3.8, 4) is 10.6 Å². The highest BCUT2D eigenvalue weighted by molar-refractivity contribution is 7.87. The molecule has 1 saturated carbocycles. The molecule has 3 atom stereocenters. The Kier molecular flexibility index (Phi) is 5.65. The van der Waals surface area contributed by atoms with Crippen molar-refractivity contribution >= 4 is 27.1 Å². The van der Waals surface area contributed by atoms with Gasteiger partial charge in [-0.25, -0.2) is 4.98 Å². The summed E-state index contributed by atoms with van der Waals surface area (Å²) in [4.78, 5) is 5.85. The average molecular weight is 525 g/mol. The van der Waals surface area contributed by atoms with Gasteiger partial charge >= 0.3 is 6.18 Å². The number of nitrogens with zero attached hydrogens (tertiary/aromatic N) is 2. The molecule has 35 heavy (non-hydrogen) atoms. The van der Waals surface area contributed by atoms with Crippen LogP contribution in [0.3, 0.4) is 0 Å². The van der Waals surface area contributed by atoms with Gasteiger partial charge in [0.25, 0.3) is 10.2 Å². The van der Waals surface area contributed by atoms with Crippen LogP contribution in [0.2, 0.25) is 0 Å². The van der Waals surface area contributed by atoms with Gasteiger partial charge in [0.05, 0.1) is 10.4 Å². The molecule has 3 unspecified atom stereocenters. The number of nitrogens with one attached hydrogen (secondary N) is 2. The van der Waals surface area contributed by atoms with Crippen LogP contribution in [0.1, 0.15) is 35.3 Å².